The summed E-state index contributed by atoms with van der Waals surface area (Å²) in [5.41, 5.74) is 2.95. The lowest BCUT2D eigenvalue weighted by molar-refractivity contribution is -0.113. The van der Waals surface area contributed by atoms with Gasteiger partial charge in [0, 0.05) is 22.4 Å². The summed E-state index contributed by atoms with van der Waals surface area (Å²) in [5.74, 6) is 1.12. The van der Waals surface area contributed by atoms with Crippen LogP contribution < -0.4 is 5.32 Å². The number of hydrogen-bond acceptors (Lipinski definition) is 8. The highest BCUT2D eigenvalue weighted by Crippen LogP contribution is 2.38. The first-order valence-electron chi connectivity index (χ1n) is 10.1. The number of hydrogen-bond donors (Lipinski definition) is 1. The number of nitrogens with one attached hydrogen (secondary N) is 1. The molecular weight excluding hydrogens is 452 g/mol. The summed E-state index contributed by atoms with van der Waals surface area (Å²) in [6.45, 7) is 5.10. The number of ether oxygens (including phenoxy) is 1. The largest absolute Gasteiger partial charge is 0.465 e. The molecule has 7 nitrogen and oxygen atoms in total. The van der Waals surface area contributed by atoms with Crippen LogP contribution in [0.4, 0.5) is 5.00 Å². The standard InChI is InChI=1S/C21H24N4O3S3/c1-4-25-18(15-10-30-16-9-12(2)5-6-13(15)16)23-24-21(25)31-11-17(26)22-19-14(7-8-29-19)20(27)28-3/h7-8,10,12H,4-6,9,11H2,1-3H3,(H,22,26). The molecule has 164 valence electrons. The monoisotopic (exact) mass is 476 g/mol. The van der Waals surface area contributed by atoms with Crippen LogP contribution in [0, 0.1) is 5.92 Å². The van der Waals surface area contributed by atoms with Gasteiger partial charge in [-0.1, -0.05) is 18.7 Å². The Labute approximate surface area is 193 Å². The Morgan fingerprint density at radius 2 is 2.19 bits per heavy atom. The summed E-state index contributed by atoms with van der Waals surface area (Å²) in [7, 11) is 1.32. The Hall–Kier alpha value is -2.17. The lowest BCUT2D eigenvalue weighted by atomic mass is 9.88. The number of aromatic nitrogens is 3. The minimum Gasteiger partial charge on any atom is -0.465 e. The van der Waals surface area contributed by atoms with E-state index in [1.807, 2.05) is 11.3 Å². The molecule has 1 atom stereocenters. The molecule has 10 heteroatoms. The molecule has 0 saturated carbocycles. The molecule has 4 rings (SSSR count). The molecule has 0 radical (unpaired) electrons. The first kappa shape index (κ1) is 22.0. The van der Waals surface area contributed by atoms with E-state index >= 15 is 0 Å². The van der Waals surface area contributed by atoms with Crippen LogP contribution >= 0.6 is 34.4 Å². The second-order valence-electron chi connectivity index (χ2n) is 7.44. The van der Waals surface area contributed by atoms with Crippen molar-refractivity contribution in [2.75, 3.05) is 18.2 Å². The van der Waals surface area contributed by atoms with Gasteiger partial charge in [-0.2, -0.15) is 0 Å². The maximum Gasteiger partial charge on any atom is 0.340 e. The van der Waals surface area contributed by atoms with Crippen LogP contribution in [-0.4, -0.2) is 39.5 Å². The Kier molecular flexibility index (Phi) is 6.78. The van der Waals surface area contributed by atoms with Crippen molar-refractivity contribution in [3.05, 3.63) is 32.8 Å². The summed E-state index contributed by atoms with van der Waals surface area (Å²) >= 11 is 4.46. The van der Waals surface area contributed by atoms with Crippen molar-refractivity contribution < 1.29 is 14.3 Å². The molecule has 3 heterocycles. The topological polar surface area (TPSA) is 86.1 Å². The number of methoxy groups -OCH3 is 1. The fraction of sp³-hybridized carbons (Fsp3) is 0.429. The number of fused-ring (bicyclic) bond motifs is 1. The average Bonchev–Trinajstić information content (AvgIpc) is 3.48. The molecule has 0 bridgehead atoms. The van der Waals surface area contributed by atoms with Gasteiger partial charge in [0.15, 0.2) is 11.0 Å². The van der Waals surface area contributed by atoms with E-state index in [9.17, 15) is 9.59 Å². The number of anilines is 1. The zero-order valence-corrected chi connectivity index (χ0v) is 20.1. The van der Waals surface area contributed by atoms with E-state index in [-0.39, 0.29) is 11.7 Å². The summed E-state index contributed by atoms with van der Waals surface area (Å²) in [6.07, 6.45) is 3.42. The van der Waals surface area contributed by atoms with Gasteiger partial charge in [0.1, 0.15) is 5.00 Å². The highest BCUT2D eigenvalue weighted by Gasteiger charge is 2.24. The van der Waals surface area contributed by atoms with Gasteiger partial charge in [0.25, 0.3) is 0 Å². The maximum absolute atomic E-state index is 12.5. The second-order valence-corrected chi connectivity index (χ2v) is 10.3. The quantitative estimate of drug-likeness (QED) is 0.392. The van der Waals surface area contributed by atoms with Crippen molar-refractivity contribution in [1.82, 2.24) is 14.8 Å². The van der Waals surface area contributed by atoms with Crippen molar-refractivity contribution in [2.24, 2.45) is 5.92 Å². The Balaban J connectivity index is 1.46. The molecule has 0 saturated heterocycles. The van der Waals surface area contributed by atoms with Crippen LogP contribution in [0.5, 0.6) is 0 Å². The van der Waals surface area contributed by atoms with Gasteiger partial charge in [-0.15, -0.1) is 32.9 Å². The fourth-order valence-electron chi connectivity index (χ4n) is 3.71. The minimum atomic E-state index is -0.465. The highest BCUT2D eigenvalue weighted by atomic mass is 32.2. The smallest absolute Gasteiger partial charge is 0.340 e. The van der Waals surface area contributed by atoms with Gasteiger partial charge in [-0.3, -0.25) is 4.79 Å². The van der Waals surface area contributed by atoms with E-state index in [2.05, 4.69) is 39.3 Å². The fourth-order valence-corrected chi connectivity index (χ4v) is 6.55. The molecule has 0 aromatic carbocycles. The molecule has 31 heavy (non-hydrogen) atoms. The van der Waals surface area contributed by atoms with Crippen LogP contribution in [0.15, 0.2) is 22.0 Å². The molecule has 1 unspecified atom stereocenters. The molecular formula is C21H24N4O3S3. The van der Waals surface area contributed by atoms with Crippen molar-refractivity contribution in [2.45, 2.75) is 44.8 Å². The molecule has 1 aliphatic rings. The zero-order chi connectivity index (χ0) is 22.0. The van der Waals surface area contributed by atoms with Crippen LogP contribution in [-0.2, 0) is 28.9 Å². The van der Waals surface area contributed by atoms with E-state index in [0.29, 0.717) is 10.6 Å². The molecule has 3 aromatic rings. The van der Waals surface area contributed by atoms with Crippen LogP contribution in [0.1, 0.15) is 41.1 Å². The number of rotatable bonds is 7. The third-order valence-electron chi connectivity index (χ3n) is 5.33. The number of amides is 1. The van der Waals surface area contributed by atoms with Crippen molar-refractivity contribution in [3.63, 3.8) is 0 Å². The third-order valence-corrected chi connectivity index (χ3v) is 8.18. The first-order valence-corrected chi connectivity index (χ1v) is 12.9. The maximum atomic E-state index is 12.5. The molecule has 0 fully saturated rings. The van der Waals surface area contributed by atoms with Gasteiger partial charge < -0.3 is 14.6 Å². The highest BCUT2D eigenvalue weighted by molar-refractivity contribution is 7.99. The molecule has 0 spiro atoms. The number of esters is 1. The number of carbonyl (C=O) groups excluding carboxylic acids is 2. The number of thiophene rings is 2. The minimum absolute atomic E-state index is 0.176. The Morgan fingerprint density at radius 3 is 2.97 bits per heavy atom. The Morgan fingerprint density at radius 1 is 1.35 bits per heavy atom. The molecule has 0 aliphatic heterocycles. The van der Waals surface area contributed by atoms with Crippen molar-refractivity contribution >= 4 is 51.3 Å². The predicted molar refractivity (Wildman–Crippen MR) is 125 cm³/mol. The summed E-state index contributed by atoms with van der Waals surface area (Å²) in [4.78, 5) is 25.7. The predicted octanol–water partition coefficient (Wildman–Crippen LogP) is 4.73. The number of carbonyl (C=O) groups is 2. The summed E-state index contributed by atoms with van der Waals surface area (Å²) < 4.78 is 6.82. The summed E-state index contributed by atoms with van der Waals surface area (Å²) in [6, 6.07) is 1.64. The molecule has 3 aromatic heterocycles. The van der Waals surface area contributed by atoms with Gasteiger partial charge in [-0.25, -0.2) is 4.79 Å². The first-order chi connectivity index (χ1) is 15.0. The SMILES string of the molecule is CCn1c(SCC(=O)Nc2sccc2C(=O)OC)nnc1-c1csc2c1CCC(C)C2. The number of thioether (sulfide) groups is 1. The lowest BCUT2D eigenvalue weighted by Crippen LogP contribution is -2.16. The van der Waals surface area contributed by atoms with Crippen LogP contribution in [0.3, 0.4) is 0 Å². The zero-order valence-electron chi connectivity index (χ0n) is 17.6. The van der Waals surface area contributed by atoms with Crippen LogP contribution in [0.2, 0.25) is 0 Å². The lowest BCUT2D eigenvalue weighted by Gasteiger charge is -2.19. The van der Waals surface area contributed by atoms with Crippen molar-refractivity contribution in [3.8, 4) is 11.4 Å². The molecule has 1 N–H and O–H groups in total. The number of nitrogens with zero attached hydrogens (tertiary/aromatic N) is 3. The summed E-state index contributed by atoms with van der Waals surface area (Å²) in [5, 5.41) is 16.8. The van der Waals surface area contributed by atoms with E-state index in [0.717, 1.165) is 36.3 Å². The van der Waals surface area contributed by atoms with Gasteiger partial charge in [0.2, 0.25) is 5.91 Å². The van der Waals surface area contributed by atoms with E-state index < -0.39 is 5.97 Å². The van der Waals surface area contributed by atoms with Gasteiger partial charge in [-0.05, 0) is 49.1 Å². The molecule has 1 aliphatic carbocycles. The molecule has 1 amide bonds. The average molecular weight is 477 g/mol. The van der Waals surface area contributed by atoms with Crippen LogP contribution in [0.25, 0.3) is 11.4 Å². The Bertz CT molecular complexity index is 1100. The normalized spacial score (nSPS) is 15.5. The van der Waals surface area contributed by atoms with E-state index in [1.165, 1.54) is 52.6 Å². The van der Waals surface area contributed by atoms with Gasteiger partial charge >= 0.3 is 5.97 Å². The van der Waals surface area contributed by atoms with E-state index in [4.69, 9.17) is 4.74 Å². The van der Waals surface area contributed by atoms with Crippen molar-refractivity contribution in [1.29, 1.82) is 0 Å². The van der Waals surface area contributed by atoms with E-state index in [1.54, 1.807) is 11.4 Å². The second kappa shape index (κ2) is 9.54. The van der Waals surface area contributed by atoms with Gasteiger partial charge in [0.05, 0.1) is 18.4 Å². The third kappa shape index (κ3) is 4.56.